The van der Waals surface area contributed by atoms with Crippen molar-refractivity contribution in [1.82, 2.24) is 0 Å². The normalized spacial score (nSPS) is 10.4. The summed E-state index contributed by atoms with van der Waals surface area (Å²) in [5.74, 6) is 1.48. The largest absolute Gasteiger partial charge is 0.494 e. The van der Waals surface area contributed by atoms with Crippen molar-refractivity contribution in [3.63, 3.8) is 0 Å². The molecule has 4 nitrogen and oxygen atoms in total. The molecule has 3 aromatic carbocycles. The second-order valence-electron chi connectivity index (χ2n) is 5.56. The van der Waals surface area contributed by atoms with Gasteiger partial charge in [-0.15, -0.1) is 0 Å². The summed E-state index contributed by atoms with van der Waals surface area (Å²) >= 11 is 0. The van der Waals surface area contributed by atoms with Gasteiger partial charge in [-0.1, -0.05) is 43.3 Å². The average Bonchev–Trinajstić information content (AvgIpc) is 2.66. The Bertz CT molecular complexity index is 835. The monoisotopic (exact) mass is 336 g/mol. The van der Waals surface area contributed by atoms with E-state index in [1.807, 2.05) is 48.5 Å². The Balaban J connectivity index is 1.57. The van der Waals surface area contributed by atoms with E-state index in [0.29, 0.717) is 18.1 Å². The number of hydrogen-bond acceptors (Lipinski definition) is 4. The smallest absolute Gasteiger partial charge is 0.349 e. The number of rotatable bonds is 7. The third kappa shape index (κ3) is 4.51. The van der Waals surface area contributed by atoms with Crippen LogP contribution < -0.4 is 14.2 Å². The van der Waals surface area contributed by atoms with Crippen LogP contribution in [0.25, 0.3) is 10.8 Å². The van der Waals surface area contributed by atoms with E-state index in [0.717, 1.165) is 22.9 Å². The maximum Gasteiger partial charge on any atom is 0.349 e. The van der Waals surface area contributed by atoms with Crippen molar-refractivity contribution in [2.75, 3.05) is 13.2 Å². The van der Waals surface area contributed by atoms with Crippen LogP contribution in [-0.2, 0) is 4.79 Å². The number of ether oxygens (including phenoxy) is 3. The Morgan fingerprint density at radius 3 is 2.28 bits per heavy atom. The number of fused-ring (bicyclic) bond motifs is 1. The van der Waals surface area contributed by atoms with E-state index in [-0.39, 0.29) is 6.61 Å². The Morgan fingerprint density at radius 2 is 1.52 bits per heavy atom. The molecule has 0 bridgehead atoms. The minimum Gasteiger partial charge on any atom is -0.494 e. The molecule has 0 N–H and O–H groups in total. The van der Waals surface area contributed by atoms with E-state index < -0.39 is 5.97 Å². The second-order valence-corrected chi connectivity index (χ2v) is 5.56. The first kappa shape index (κ1) is 16.8. The Hall–Kier alpha value is -3.01. The summed E-state index contributed by atoms with van der Waals surface area (Å²) in [5.41, 5.74) is 0. The van der Waals surface area contributed by atoms with Crippen molar-refractivity contribution < 1.29 is 19.0 Å². The molecule has 0 saturated heterocycles. The quantitative estimate of drug-likeness (QED) is 0.467. The molecule has 0 amide bonds. The van der Waals surface area contributed by atoms with Gasteiger partial charge in [-0.25, -0.2) is 4.79 Å². The van der Waals surface area contributed by atoms with Crippen LogP contribution in [0.1, 0.15) is 13.3 Å². The Morgan fingerprint density at radius 1 is 0.840 bits per heavy atom. The molecule has 0 aliphatic carbocycles. The van der Waals surface area contributed by atoms with Crippen LogP contribution >= 0.6 is 0 Å². The molecule has 0 unspecified atom stereocenters. The van der Waals surface area contributed by atoms with Crippen LogP contribution in [0.5, 0.6) is 17.2 Å². The van der Waals surface area contributed by atoms with Crippen molar-refractivity contribution >= 4 is 16.7 Å². The number of benzene rings is 3. The number of carbonyl (C=O) groups excluding carboxylic acids is 1. The molecule has 0 aliphatic heterocycles. The lowest BCUT2D eigenvalue weighted by atomic mass is 10.1. The van der Waals surface area contributed by atoms with Crippen molar-refractivity contribution in [3.8, 4) is 17.2 Å². The van der Waals surface area contributed by atoms with Gasteiger partial charge in [0.15, 0.2) is 6.61 Å². The third-order valence-electron chi connectivity index (χ3n) is 3.63. The zero-order chi connectivity index (χ0) is 17.5. The molecular formula is C21H20O4. The molecule has 0 aliphatic rings. The average molecular weight is 336 g/mol. The van der Waals surface area contributed by atoms with E-state index in [9.17, 15) is 4.79 Å². The highest BCUT2D eigenvalue weighted by Gasteiger charge is 2.09. The summed E-state index contributed by atoms with van der Waals surface area (Å²) < 4.78 is 16.4. The molecule has 0 heterocycles. The molecule has 0 saturated carbocycles. The zero-order valence-corrected chi connectivity index (χ0v) is 14.1. The molecule has 0 fully saturated rings. The maximum atomic E-state index is 12.1. The first-order valence-corrected chi connectivity index (χ1v) is 8.30. The van der Waals surface area contributed by atoms with Gasteiger partial charge in [0, 0.05) is 5.39 Å². The Kier molecular flexibility index (Phi) is 5.52. The van der Waals surface area contributed by atoms with Gasteiger partial charge in [-0.05, 0) is 42.1 Å². The van der Waals surface area contributed by atoms with Crippen molar-refractivity contribution in [2.45, 2.75) is 13.3 Å². The Labute approximate surface area is 146 Å². The van der Waals surface area contributed by atoms with Crippen LogP contribution in [0.3, 0.4) is 0 Å². The van der Waals surface area contributed by atoms with Gasteiger partial charge in [0.25, 0.3) is 0 Å². The third-order valence-corrected chi connectivity index (χ3v) is 3.63. The lowest BCUT2D eigenvalue weighted by Crippen LogP contribution is -2.17. The van der Waals surface area contributed by atoms with Crippen LogP contribution in [-0.4, -0.2) is 19.2 Å². The summed E-state index contributed by atoms with van der Waals surface area (Å²) in [7, 11) is 0. The topological polar surface area (TPSA) is 44.8 Å². The SMILES string of the molecule is CCCOc1ccc(OCC(=O)Oc2cccc3ccccc23)cc1. The molecule has 25 heavy (non-hydrogen) atoms. The highest BCUT2D eigenvalue weighted by molar-refractivity contribution is 5.90. The summed E-state index contributed by atoms with van der Waals surface area (Å²) in [6, 6.07) is 20.6. The van der Waals surface area contributed by atoms with Gasteiger partial charge in [-0.2, -0.15) is 0 Å². The van der Waals surface area contributed by atoms with Crippen molar-refractivity contribution in [1.29, 1.82) is 0 Å². The molecule has 0 radical (unpaired) electrons. The van der Waals surface area contributed by atoms with Gasteiger partial charge >= 0.3 is 5.97 Å². The lowest BCUT2D eigenvalue weighted by Gasteiger charge is -2.09. The van der Waals surface area contributed by atoms with E-state index in [2.05, 4.69) is 6.92 Å². The molecular weight excluding hydrogens is 316 g/mol. The summed E-state index contributed by atoms with van der Waals surface area (Å²) in [6.07, 6.45) is 0.957. The number of esters is 1. The van der Waals surface area contributed by atoms with E-state index in [4.69, 9.17) is 14.2 Å². The molecule has 0 atom stereocenters. The summed E-state index contributed by atoms with van der Waals surface area (Å²) in [4.78, 5) is 12.1. The minimum atomic E-state index is -0.442. The maximum absolute atomic E-state index is 12.1. The fourth-order valence-electron chi connectivity index (χ4n) is 2.43. The predicted octanol–water partition coefficient (Wildman–Crippen LogP) is 4.61. The fourth-order valence-corrected chi connectivity index (χ4v) is 2.43. The van der Waals surface area contributed by atoms with Gasteiger partial charge in [0.2, 0.25) is 0 Å². The zero-order valence-electron chi connectivity index (χ0n) is 14.1. The summed E-state index contributed by atoms with van der Waals surface area (Å²) in [6.45, 7) is 2.58. The molecule has 4 heteroatoms. The highest BCUT2D eigenvalue weighted by atomic mass is 16.6. The fraction of sp³-hybridized carbons (Fsp3) is 0.190. The van der Waals surface area contributed by atoms with Crippen LogP contribution in [0.2, 0.25) is 0 Å². The first-order chi connectivity index (χ1) is 12.3. The van der Waals surface area contributed by atoms with Crippen molar-refractivity contribution in [2.24, 2.45) is 0 Å². The predicted molar refractivity (Wildman–Crippen MR) is 97.3 cm³/mol. The van der Waals surface area contributed by atoms with E-state index in [1.54, 1.807) is 18.2 Å². The highest BCUT2D eigenvalue weighted by Crippen LogP contribution is 2.25. The molecule has 3 rings (SSSR count). The molecule has 3 aromatic rings. The number of hydrogen-bond donors (Lipinski definition) is 0. The standard InChI is InChI=1S/C21H20O4/c1-2-14-23-17-10-12-18(13-11-17)24-15-21(22)25-20-9-5-7-16-6-3-4-8-19(16)20/h3-13H,2,14-15H2,1H3. The van der Waals surface area contributed by atoms with Gasteiger partial charge in [-0.3, -0.25) is 0 Å². The van der Waals surface area contributed by atoms with Gasteiger partial charge in [0.05, 0.1) is 6.61 Å². The van der Waals surface area contributed by atoms with E-state index in [1.165, 1.54) is 0 Å². The summed E-state index contributed by atoms with van der Waals surface area (Å²) in [5, 5.41) is 1.92. The molecule has 0 aromatic heterocycles. The second kappa shape index (κ2) is 8.20. The van der Waals surface area contributed by atoms with Crippen LogP contribution in [0, 0.1) is 0 Å². The molecule has 128 valence electrons. The first-order valence-electron chi connectivity index (χ1n) is 8.30. The number of carbonyl (C=O) groups is 1. The lowest BCUT2D eigenvalue weighted by molar-refractivity contribution is -0.136. The molecule has 0 spiro atoms. The van der Waals surface area contributed by atoms with Crippen LogP contribution in [0.4, 0.5) is 0 Å². The van der Waals surface area contributed by atoms with E-state index >= 15 is 0 Å². The minimum absolute atomic E-state index is 0.154. The van der Waals surface area contributed by atoms with Gasteiger partial charge in [0.1, 0.15) is 17.2 Å². The van der Waals surface area contributed by atoms with Gasteiger partial charge < -0.3 is 14.2 Å². The van der Waals surface area contributed by atoms with Crippen LogP contribution in [0.15, 0.2) is 66.7 Å². The van der Waals surface area contributed by atoms with Crippen molar-refractivity contribution in [3.05, 3.63) is 66.7 Å².